The first-order valence-corrected chi connectivity index (χ1v) is 9.92. The van der Waals surface area contributed by atoms with E-state index in [4.69, 9.17) is 0 Å². The molecule has 6 nitrogen and oxygen atoms in total. The van der Waals surface area contributed by atoms with Crippen molar-refractivity contribution in [2.45, 2.75) is 67.9 Å². The fourth-order valence-corrected chi connectivity index (χ4v) is 4.24. The van der Waals surface area contributed by atoms with Crippen molar-refractivity contribution in [2.24, 2.45) is 0 Å². The summed E-state index contributed by atoms with van der Waals surface area (Å²) in [5, 5.41) is 12.6. The predicted octanol–water partition coefficient (Wildman–Crippen LogP) is 3.21. The van der Waals surface area contributed by atoms with Crippen molar-refractivity contribution < 1.29 is 4.79 Å². The number of aromatic nitrogens is 4. The molecule has 2 aliphatic carbocycles. The van der Waals surface area contributed by atoms with Gasteiger partial charge in [-0.1, -0.05) is 24.6 Å². The third kappa shape index (κ3) is 3.71. The summed E-state index contributed by atoms with van der Waals surface area (Å²) >= 11 is 1.50. The average Bonchev–Trinajstić information content (AvgIpc) is 3.17. The van der Waals surface area contributed by atoms with Gasteiger partial charge in [-0.25, -0.2) is 0 Å². The van der Waals surface area contributed by atoms with Crippen molar-refractivity contribution in [3.8, 4) is 11.4 Å². The van der Waals surface area contributed by atoms with Gasteiger partial charge in [-0.3, -0.25) is 14.3 Å². The summed E-state index contributed by atoms with van der Waals surface area (Å²) < 4.78 is 2.18. The molecule has 4 rings (SSSR count). The van der Waals surface area contributed by atoms with Crippen LogP contribution in [0.2, 0.25) is 0 Å². The van der Waals surface area contributed by atoms with Crippen molar-refractivity contribution in [3.05, 3.63) is 24.5 Å². The zero-order valence-electron chi connectivity index (χ0n) is 14.4. The lowest BCUT2D eigenvalue weighted by Crippen LogP contribution is -2.37. The van der Waals surface area contributed by atoms with Crippen LogP contribution >= 0.6 is 11.8 Å². The Hall–Kier alpha value is -1.89. The maximum Gasteiger partial charge on any atom is 0.233 e. The van der Waals surface area contributed by atoms with E-state index in [1.165, 1.54) is 24.6 Å². The minimum Gasteiger partial charge on any atom is -0.352 e. The summed E-state index contributed by atoms with van der Waals surface area (Å²) in [5.41, 5.74) is 0.969. The molecule has 0 unspecified atom stereocenters. The predicted molar refractivity (Wildman–Crippen MR) is 97.2 cm³/mol. The molecule has 0 radical (unpaired) electrons. The van der Waals surface area contributed by atoms with Crippen LogP contribution < -0.4 is 5.32 Å². The van der Waals surface area contributed by atoms with E-state index >= 15 is 0 Å². The lowest BCUT2D eigenvalue weighted by Gasteiger charge is -2.16. The lowest BCUT2D eigenvalue weighted by molar-refractivity contribution is -0.120. The van der Waals surface area contributed by atoms with Crippen LogP contribution in [0.4, 0.5) is 0 Å². The van der Waals surface area contributed by atoms with E-state index in [9.17, 15) is 4.79 Å². The fourth-order valence-electron chi connectivity index (χ4n) is 3.31. The molecular weight excluding hydrogens is 334 g/mol. The quantitative estimate of drug-likeness (QED) is 0.804. The molecule has 7 heteroatoms. The van der Waals surface area contributed by atoms with Gasteiger partial charge in [-0.2, -0.15) is 0 Å². The molecule has 1 atom stereocenters. The monoisotopic (exact) mass is 357 g/mol. The molecule has 2 aliphatic rings. The molecule has 0 aliphatic heterocycles. The lowest BCUT2D eigenvalue weighted by atomic mass is 10.2. The van der Waals surface area contributed by atoms with Gasteiger partial charge in [0, 0.05) is 30.0 Å². The third-order valence-electron chi connectivity index (χ3n) is 4.85. The molecule has 132 valence electrons. The minimum absolute atomic E-state index is 0.102. The maximum atomic E-state index is 12.5. The Kier molecular flexibility index (Phi) is 4.74. The highest BCUT2D eigenvalue weighted by Crippen LogP contribution is 2.41. The zero-order chi connectivity index (χ0) is 17.2. The van der Waals surface area contributed by atoms with E-state index in [0.717, 1.165) is 42.2 Å². The van der Waals surface area contributed by atoms with Gasteiger partial charge in [-0.15, -0.1) is 10.2 Å². The topological polar surface area (TPSA) is 72.7 Å². The number of carbonyl (C=O) groups is 1. The Morgan fingerprint density at radius 2 is 2.08 bits per heavy atom. The summed E-state index contributed by atoms with van der Waals surface area (Å²) in [5.74, 6) is 0.951. The van der Waals surface area contributed by atoms with Crippen LogP contribution in [0.1, 0.15) is 51.5 Å². The van der Waals surface area contributed by atoms with Crippen molar-refractivity contribution in [3.63, 3.8) is 0 Å². The fraction of sp³-hybridized carbons (Fsp3) is 0.556. The zero-order valence-corrected chi connectivity index (χ0v) is 15.2. The van der Waals surface area contributed by atoms with Gasteiger partial charge in [0.15, 0.2) is 11.0 Å². The van der Waals surface area contributed by atoms with Gasteiger partial charge in [0.2, 0.25) is 5.91 Å². The van der Waals surface area contributed by atoms with Crippen LogP contribution in [0.15, 0.2) is 29.7 Å². The minimum atomic E-state index is -0.177. The Labute approximate surface area is 151 Å². The van der Waals surface area contributed by atoms with Crippen LogP contribution in [0.25, 0.3) is 11.4 Å². The first kappa shape index (κ1) is 16.6. The van der Waals surface area contributed by atoms with Crippen molar-refractivity contribution in [2.75, 3.05) is 0 Å². The standard InChI is InChI=1S/C18H23N5OS/c1-12(17(24)20-14-6-2-3-7-14)25-18-22-21-16(23(18)15-8-9-15)13-5-4-10-19-11-13/h4-5,10-12,14-15H,2-3,6-9H2,1H3,(H,20,24)/t12-/m0/s1. The molecule has 0 bridgehead atoms. The number of hydrogen-bond donors (Lipinski definition) is 1. The normalized spacial score (nSPS) is 19.1. The van der Waals surface area contributed by atoms with Crippen molar-refractivity contribution >= 4 is 17.7 Å². The van der Waals surface area contributed by atoms with Gasteiger partial charge >= 0.3 is 0 Å². The first-order valence-electron chi connectivity index (χ1n) is 9.04. The molecule has 0 saturated heterocycles. The SMILES string of the molecule is C[C@H](Sc1nnc(-c2cccnc2)n1C1CC1)C(=O)NC1CCCC1. The Bertz CT molecular complexity index is 737. The molecule has 2 aromatic rings. The smallest absolute Gasteiger partial charge is 0.233 e. The number of amides is 1. The summed E-state index contributed by atoms with van der Waals surface area (Å²) in [6.45, 7) is 1.95. The van der Waals surface area contributed by atoms with E-state index in [1.807, 2.05) is 25.3 Å². The number of hydrogen-bond acceptors (Lipinski definition) is 5. The molecule has 2 aromatic heterocycles. The molecular formula is C18H23N5OS. The Balaban J connectivity index is 1.50. The summed E-state index contributed by atoms with van der Waals surface area (Å²) in [6.07, 6.45) is 10.5. The van der Waals surface area contributed by atoms with Gasteiger partial charge in [-0.05, 0) is 44.7 Å². The summed E-state index contributed by atoms with van der Waals surface area (Å²) in [6, 6.07) is 4.70. The van der Waals surface area contributed by atoms with Gasteiger partial charge in [0.05, 0.1) is 5.25 Å². The summed E-state index contributed by atoms with van der Waals surface area (Å²) in [4.78, 5) is 16.7. The number of rotatable bonds is 6. The van der Waals surface area contributed by atoms with E-state index in [2.05, 4.69) is 25.1 Å². The van der Waals surface area contributed by atoms with E-state index in [0.29, 0.717) is 12.1 Å². The molecule has 1 N–H and O–H groups in total. The largest absolute Gasteiger partial charge is 0.352 e. The number of thioether (sulfide) groups is 1. The van der Waals surface area contributed by atoms with Crippen LogP contribution in [-0.2, 0) is 4.79 Å². The Morgan fingerprint density at radius 3 is 2.76 bits per heavy atom. The number of pyridine rings is 1. The number of nitrogens with zero attached hydrogens (tertiary/aromatic N) is 4. The van der Waals surface area contributed by atoms with Crippen LogP contribution in [0.5, 0.6) is 0 Å². The van der Waals surface area contributed by atoms with E-state index in [1.54, 1.807) is 6.20 Å². The van der Waals surface area contributed by atoms with Crippen molar-refractivity contribution in [1.29, 1.82) is 0 Å². The van der Waals surface area contributed by atoms with Gasteiger partial charge in [0.1, 0.15) is 0 Å². The average molecular weight is 357 g/mol. The molecule has 1 amide bonds. The molecule has 2 fully saturated rings. The Morgan fingerprint density at radius 1 is 1.28 bits per heavy atom. The molecule has 0 spiro atoms. The van der Waals surface area contributed by atoms with E-state index in [-0.39, 0.29) is 11.2 Å². The highest BCUT2D eigenvalue weighted by molar-refractivity contribution is 8.00. The number of carbonyl (C=O) groups excluding carboxylic acids is 1. The van der Waals surface area contributed by atoms with Crippen LogP contribution in [-0.4, -0.2) is 36.9 Å². The second-order valence-electron chi connectivity index (χ2n) is 6.90. The molecule has 2 saturated carbocycles. The maximum absolute atomic E-state index is 12.5. The van der Waals surface area contributed by atoms with Gasteiger partial charge in [0.25, 0.3) is 0 Å². The van der Waals surface area contributed by atoms with E-state index < -0.39 is 0 Å². The van der Waals surface area contributed by atoms with Crippen LogP contribution in [0, 0.1) is 0 Å². The third-order valence-corrected chi connectivity index (χ3v) is 5.91. The second-order valence-corrected chi connectivity index (χ2v) is 8.21. The van der Waals surface area contributed by atoms with Crippen LogP contribution in [0.3, 0.4) is 0 Å². The first-order chi connectivity index (χ1) is 12.2. The van der Waals surface area contributed by atoms with Gasteiger partial charge < -0.3 is 5.32 Å². The molecule has 2 heterocycles. The molecule has 25 heavy (non-hydrogen) atoms. The van der Waals surface area contributed by atoms with Crippen molar-refractivity contribution in [1.82, 2.24) is 25.1 Å². The highest BCUT2D eigenvalue weighted by atomic mass is 32.2. The second kappa shape index (κ2) is 7.15. The highest BCUT2D eigenvalue weighted by Gasteiger charge is 2.32. The summed E-state index contributed by atoms with van der Waals surface area (Å²) in [7, 11) is 0. The number of nitrogens with one attached hydrogen (secondary N) is 1. The molecule has 0 aromatic carbocycles.